The van der Waals surface area contributed by atoms with E-state index in [1.54, 1.807) is 23.2 Å². The Labute approximate surface area is 110 Å². The summed E-state index contributed by atoms with van der Waals surface area (Å²) in [6.45, 7) is 2.39. The third-order valence-corrected chi connectivity index (χ3v) is 3.39. The molecule has 0 spiro atoms. The van der Waals surface area contributed by atoms with Gasteiger partial charge >= 0.3 is 0 Å². The maximum absolute atomic E-state index is 12.3. The molecular formula is C14H14N2O3. The number of H-pyrrole nitrogens is 1. The van der Waals surface area contributed by atoms with Gasteiger partial charge in [-0.15, -0.1) is 0 Å². The van der Waals surface area contributed by atoms with Crippen molar-refractivity contribution < 1.29 is 14.3 Å². The maximum atomic E-state index is 12.3. The Morgan fingerprint density at radius 2 is 2.11 bits per heavy atom. The number of aromatic nitrogens is 1. The summed E-state index contributed by atoms with van der Waals surface area (Å²) in [5, 5.41) is 0.786. The predicted octanol–water partition coefficient (Wildman–Crippen LogP) is 1.45. The van der Waals surface area contributed by atoms with Gasteiger partial charge in [-0.3, -0.25) is 9.59 Å². The molecule has 1 aromatic carbocycles. The highest BCUT2D eigenvalue weighted by Gasteiger charge is 2.19. The van der Waals surface area contributed by atoms with Crippen LogP contribution >= 0.6 is 0 Å². The minimum atomic E-state index is -0.0109. The van der Waals surface area contributed by atoms with Gasteiger partial charge in [0.25, 0.3) is 5.91 Å². The van der Waals surface area contributed by atoms with Gasteiger partial charge in [-0.2, -0.15) is 0 Å². The fourth-order valence-electron chi connectivity index (χ4n) is 2.32. The summed E-state index contributed by atoms with van der Waals surface area (Å²) in [6, 6.07) is 5.38. The van der Waals surface area contributed by atoms with E-state index >= 15 is 0 Å². The molecular weight excluding hydrogens is 244 g/mol. The number of carbonyl (C=O) groups is 2. The Kier molecular flexibility index (Phi) is 3.05. The minimum Gasteiger partial charge on any atom is -0.378 e. The lowest BCUT2D eigenvalue weighted by Gasteiger charge is -2.26. The van der Waals surface area contributed by atoms with Crippen molar-refractivity contribution >= 4 is 23.1 Å². The van der Waals surface area contributed by atoms with Crippen molar-refractivity contribution in [3.05, 3.63) is 35.5 Å². The van der Waals surface area contributed by atoms with Crippen LogP contribution in [0, 0.1) is 0 Å². The average molecular weight is 258 g/mol. The van der Waals surface area contributed by atoms with Gasteiger partial charge in [-0.05, 0) is 18.2 Å². The molecule has 0 atom stereocenters. The van der Waals surface area contributed by atoms with Crippen molar-refractivity contribution in [1.82, 2.24) is 9.88 Å². The highest BCUT2D eigenvalue weighted by Crippen LogP contribution is 2.19. The number of nitrogens with one attached hydrogen (secondary N) is 1. The van der Waals surface area contributed by atoms with Crippen molar-refractivity contribution in [1.29, 1.82) is 0 Å². The van der Waals surface area contributed by atoms with E-state index in [1.165, 1.54) is 0 Å². The number of hydrogen-bond donors (Lipinski definition) is 1. The van der Waals surface area contributed by atoms with Crippen LogP contribution in [0.25, 0.3) is 10.9 Å². The third kappa shape index (κ3) is 2.13. The standard InChI is InChI=1S/C14H14N2O3/c17-9-11-8-15-13-2-1-10(7-12(11)13)14(18)16-3-5-19-6-4-16/h1-2,7-9,15H,3-6H2. The number of aromatic amines is 1. The van der Waals surface area contributed by atoms with Crippen LogP contribution in [0.3, 0.4) is 0 Å². The summed E-state index contributed by atoms with van der Waals surface area (Å²) >= 11 is 0. The summed E-state index contributed by atoms with van der Waals surface area (Å²) in [5.74, 6) is -0.0109. The largest absolute Gasteiger partial charge is 0.378 e. The monoisotopic (exact) mass is 258 g/mol. The number of rotatable bonds is 2. The molecule has 1 amide bonds. The average Bonchev–Trinajstić information content (AvgIpc) is 2.89. The third-order valence-electron chi connectivity index (χ3n) is 3.39. The zero-order valence-electron chi connectivity index (χ0n) is 10.4. The lowest BCUT2D eigenvalue weighted by Crippen LogP contribution is -2.40. The van der Waals surface area contributed by atoms with Gasteiger partial charge in [0.15, 0.2) is 6.29 Å². The van der Waals surface area contributed by atoms with Crippen molar-refractivity contribution in [3.8, 4) is 0 Å². The molecule has 1 fully saturated rings. The number of aldehydes is 1. The second kappa shape index (κ2) is 4.85. The molecule has 2 heterocycles. The van der Waals surface area contributed by atoms with Gasteiger partial charge in [0.1, 0.15) is 0 Å². The highest BCUT2D eigenvalue weighted by atomic mass is 16.5. The van der Waals surface area contributed by atoms with Crippen LogP contribution in [-0.2, 0) is 4.74 Å². The molecule has 0 bridgehead atoms. The van der Waals surface area contributed by atoms with E-state index in [9.17, 15) is 9.59 Å². The normalized spacial score (nSPS) is 15.7. The van der Waals surface area contributed by atoms with Crippen LogP contribution < -0.4 is 0 Å². The van der Waals surface area contributed by atoms with Crippen LogP contribution in [-0.4, -0.2) is 48.4 Å². The van der Waals surface area contributed by atoms with Crippen LogP contribution in [0.2, 0.25) is 0 Å². The fourth-order valence-corrected chi connectivity index (χ4v) is 2.32. The number of amides is 1. The summed E-state index contributed by atoms with van der Waals surface area (Å²) in [7, 11) is 0. The fraction of sp³-hybridized carbons (Fsp3) is 0.286. The quantitative estimate of drug-likeness (QED) is 0.829. The zero-order chi connectivity index (χ0) is 13.2. The number of morpholine rings is 1. The van der Waals surface area contributed by atoms with Crippen LogP contribution in [0.15, 0.2) is 24.4 Å². The van der Waals surface area contributed by atoms with E-state index < -0.39 is 0 Å². The maximum Gasteiger partial charge on any atom is 0.254 e. The first-order chi connectivity index (χ1) is 9.29. The van der Waals surface area contributed by atoms with Crippen molar-refractivity contribution in [3.63, 3.8) is 0 Å². The lowest BCUT2D eigenvalue weighted by atomic mass is 10.1. The van der Waals surface area contributed by atoms with E-state index in [4.69, 9.17) is 4.74 Å². The minimum absolute atomic E-state index is 0.0109. The van der Waals surface area contributed by atoms with Gasteiger partial charge in [0.05, 0.1) is 13.2 Å². The predicted molar refractivity (Wildman–Crippen MR) is 70.4 cm³/mol. The van der Waals surface area contributed by atoms with E-state index in [0.717, 1.165) is 17.2 Å². The Hall–Kier alpha value is -2.14. The van der Waals surface area contributed by atoms with Crippen LogP contribution in [0.5, 0.6) is 0 Å². The van der Waals surface area contributed by atoms with Crippen molar-refractivity contribution in [2.75, 3.05) is 26.3 Å². The molecule has 1 aromatic heterocycles. The first-order valence-corrected chi connectivity index (χ1v) is 6.23. The van der Waals surface area contributed by atoms with Crippen molar-refractivity contribution in [2.24, 2.45) is 0 Å². The Morgan fingerprint density at radius 1 is 1.32 bits per heavy atom. The number of nitrogens with zero attached hydrogens (tertiary/aromatic N) is 1. The van der Waals surface area contributed by atoms with Gasteiger partial charge in [-0.25, -0.2) is 0 Å². The molecule has 0 saturated carbocycles. The van der Waals surface area contributed by atoms with Crippen molar-refractivity contribution in [2.45, 2.75) is 0 Å². The molecule has 1 aliphatic rings. The van der Waals surface area contributed by atoms with Crippen LogP contribution in [0.1, 0.15) is 20.7 Å². The molecule has 19 heavy (non-hydrogen) atoms. The first-order valence-electron chi connectivity index (χ1n) is 6.23. The van der Waals surface area contributed by atoms with E-state index in [2.05, 4.69) is 4.98 Å². The molecule has 1 N–H and O–H groups in total. The van der Waals surface area contributed by atoms with Gasteiger partial charge in [0, 0.05) is 41.3 Å². The van der Waals surface area contributed by atoms with E-state index in [-0.39, 0.29) is 5.91 Å². The molecule has 0 unspecified atom stereocenters. The second-order valence-electron chi connectivity index (χ2n) is 4.53. The van der Waals surface area contributed by atoms with Gasteiger partial charge < -0.3 is 14.6 Å². The summed E-state index contributed by atoms with van der Waals surface area (Å²) in [4.78, 5) is 28.1. The summed E-state index contributed by atoms with van der Waals surface area (Å²) in [6.07, 6.45) is 2.45. The Balaban J connectivity index is 1.95. The second-order valence-corrected chi connectivity index (χ2v) is 4.53. The van der Waals surface area contributed by atoms with Gasteiger partial charge in [0.2, 0.25) is 0 Å². The SMILES string of the molecule is O=Cc1c[nH]c2ccc(C(=O)N3CCOCC3)cc12. The molecule has 98 valence electrons. The summed E-state index contributed by atoms with van der Waals surface area (Å²) < 4.78 is 5.23. The van der Waals surface area contributed by atoms with E-state index in [0.29, 0.717) is 37.4 Å². The topological polar surface area (TPSA) is 62.4 Å². The molecule has 1 aliphatic heterocycles. The van der Waals surface area contributed by atoms with Gasteiger partial charge in [-0.1, -0.05) is 0 Å². The number of benzene rings is 1. The first kappa shape index (κ1) is 11.9. The molecule has 1 saturated heterocycles. The Bertz CT molecular complexity index is 627. The Morgan fingerprint density at radius 3 is 2.84 bits per heavy atom. The molecule has 5 nitrogen and oxygen atoms in total. The summed E-state index contributed by atoms with van der Waals surface area (Å²) in [5.41, 5.74) is 2.05. The number of hydrogen-bond acceptors (Lipinski definition) is 3. The molecule has 2 aromatic rings. The number of fused-ring (bicyclic) bond motifs is 1. The zero-order valence-corrected chi connectivity index (χ0v) is 10.4. The number of carbonyl (C=O) groups excluding carboxylic acids is 2. The highest BCUT2D eigenvalue weighted by molar-refractivity contribution is 6.03. The molecule has 3 rings (SSSR count). The molecule has 0 aliphatic carbocycles. The smallest absolute Gasteiger partial charge is 0.254 e. The molecule has 5 heteroatoms. The lowest BCUT2D eigenvalue weighted by molar-refractivity contribution is 0.0303. The van der Waals surface area contributed by atoms with Crippen LogP contribution in [0.4, 0.5) is 0 Å². The number of ether oxygens (including phenoxy) is 1. The van der Waals surface area contributed by atoms with E-state index in [1.807, 2.05) is 6.07 Å². The molecule has 0 radical (unpaired) electrons.